The molecule has 0 radical (unpaired) electrons. The predicted octanol–water partition coefficient (Wildman–Crippen LogP) is 7.50. The van der Waals surface area contributed by atoms with Crippen molar-refractivity contribution in [3.8, 4) is 11.1 Å². The van der Waals surface area contributed by atoms with E-state index >= 15 is 0 Å². The molecule has 0 fully saturated rings. The van der Waals surface area contributed by atoms with Crippen LogP contribution in [0, 0.1) is 0 Å². The van der Waals surface area contributed by atoms with Gasteiger partial charge >= 0.3 is 0 Å². The second kappa shape index (κ2) is 8.84. The average Bonchev–Trinajstić information content (AvgIpc) is 2.84. The molecular formula is C34H34BBrO. The van der Waals surface area contributed by atoms with E-state index < -0.39 is 5.41 Å². The highest BCUT2D eigenvalue weighted by Gasteiger charge is 2.49. The van der Waals surface area contributed by atoms with E-state index in [4.69, 9.17) is 0 Å². The highest BCUT2D eigenvalue weighted by atomic mass is 79.9. The molecule has 0 amide bonds. The first-order valence-electron chi connectivity index (χ1n) is 13.0. The Morgan fingerprint density at radius 3 is 1.59 bits per heavy atom. The van der Waals surface area contributed by atoms with Crippen molar-refractivity contribution in [1.82, 2.24) is 0 Å². The van der Waals surface area contributed by atoms with Crippen LogP contribution in [0.4, 0.5) is 0 Å². The van der Waals surface area contributed by atoms with Gasteiger partial charge in [0, 0.05) is 10.0 Å². The molecule has 0 atom stereocenters. The van der Waals surface area contributed by atoms with Gasteiger partial charge in [-0.2, -0.15) is 0 Å². The third-order valence-corrected chi connectivity index (χ3v) is 8.30. The molecule has 4 aromatic rings. The zero-order chi connectivity index (χ0) is 26.8. The molecular weight excluding hydrogens is 515 g/mol. The molecule has 1 aliphatic rings. The number of Topliss-reactive ketones (excluding diaryl/α,β-unsaturated/α-hetero) is 1. The SMILES string of the molecule is Bc1ccc2c(c1)C(c1ccc(C(C)(C)C)cc1)(c1ccc(C(C)(C)C)cc1)C(=O)c1cc(Br)ccc1-2. The maximum absolute atomic E-state index is 14.9. The molecule has 5 rings (SSSR count). The molecule has 37 heavy (non-hydrogen) atoms. The lowest BCUT2D eigenvalue weighted by atomic mass is 9.59. The van der Waals surface area contributed by atoms with Gasteiger partial charge in [-0.1, -0.05) is 136 Å². The molecule has 1 nitrogen and oxygen atoms in total. The van der Waals surface area contributed by atoms with E-state index in [9.17, 15) is 4.79 Å². The number of carbonyl (C=O) groups excluding carboxylic acids is 1. The van der Waals surface area contributed by atoms with E-state index in [1.54, 1.807) is 0 Å². The summed E-state index contributed by atoms with van der Waals surface area (Å²) >= 11 is 3.63. The molecule has 0 unspecified atom stereocenters. The largest absolute Gasteiger partial charge is 0.292 e. The average molecular weight is 549 g/mol. The molecule has 186 valence electrons. The van der Waals surface area contributed by atoms with Crippen LogP contribution in [-0.4, -0.2) is 13.6 Å². The molecule has 0 heterocycles. The van der Waals surface area contributed by atoms with Gasteiger partial charge in [-0.25, -0.2) is 0 Å². The Balaban J connectivity index is 1.88. The topological polar surface area (TPSA) is 17.1 Å². The summed E-state index contributed by atoms with van der Waals surface area (Å²) in [5.41, 5.74) is 8.71. The minimum absolute atomic E-state index is 0.0303. The maximum Gasteiger partial charge on any atom is 0.182 e. The normalized spacial score (nSPS) is 14.7. The van der Waals surface area contributed by atoms with Crippen molar-refractivity contribution in [2.75, 3.05) is 0 Å². The van der Waals surface area contributed by atoms with Crippen LogP contribution in [0.15, 0.2) is 89.4 Å². The van der Waals surface area contributed by atoms with Crippen LogP contribution in [0.5, 0.6) is 0 Å². The zero-order valence-corrected chi connectivity index (χ0v) is 24.5. The van der Waals surface area contributed by atoms with Crippen molar-refractivity contribution < 1.29 is 4.79 Å². The Bertz CT molecular complexity index is 1440. The van der Waals surface area contributed by atoms with Gasteiger partial charge in [0.25, 0.3) is 0 Å². The smallest absolute Gasteiger partial charge is 0.182 e. The monoisotopic (exact) mass is 548 g/mol. The van der Waals surface area contributed by atoms with Crippen molar-refractivity contribution >= 4 is 35.0 Å². The third kappa shape index (κ3) is 4.22. The lowest BCUT2D eigenvalue weighted by molar-refractivity contribution is 0.0933. The van der Waals surface area contributed by atoms with Gasteiger partial charge in [0.1, 0.15) is 13.3 Å². The van der Waals surface area contributed by atoms with E-state index in [0.717, 1.165) is 43.3 Å². The van der Waals surface area contributed by atoms with E-state index in [1.165, 1.54) is 11.1 Å². The van der Waals surface area contributed by atoms with Crippen LogP contribution in [0.3, 0.4) is 0 Å². The summed E-state index contributed by atoms with van der Waals surface area (Å²) in [6, 6.07) is 30.1. The van der Waals surface area contributed by atoms with Gasteiger partial charge in [0.15, 0.2) is 5.78 Å². The van der Waals surface area contributed by atoms with Crippen molar-refractivity contribution in [3.63, 3.8) is 0 Å². The van der Waals surface area contributed by atoms with Crippen molar-refractivity contribution in [2.45, 2.75) is 57.8 Å². The molecule has 0 aliphatic heterocycles. The molecule has 1 aliphatic carbocycles. The molecule has 0 bridgehead atoms. The van der Waals surface area contributed by atoms with Crippen LogP contribution in [0.25, 0.3) is 11.1 Å². The van der Waals surface area contributed by atoms with Crippen LogP contribution in [0.1, 0.15) is 79.7 Å². The highest BCUT2D eigenvalue weighted by molar-refractivity contribution is 9.10. The number of hydrogen-bond acceptors (Lipinski definition) is 1. The summed E-state index contributed by atoms with van der Waals surface area (Å²) in [4.78, 5) is 14.9. The van der Waals surface area contributed by atoms with Crippen LogP contribution in [0.2, 0.25) is 0 Å². The van der Waals surface area contributed by atoms with Gasteiger partial charge in [-0.15, -0.1) is 0 Å². The molecule has 0 saturated carbocycles. The van der Waals surface area contributed by atoms with Gasteiger partial charge in [0.2, 0.25) is 0 Å². The molecule has 0 saturated heterocycles. The summed E-state index contributed by atoms with van der Waals surface area (Å²) in [7, 11) is 2.11. The fraction of sp³-hybridized carbons (Fsp3) is 0.265. The Hall–Kier alpha value is -2.91. The first kappa shape index (κ1) is 25.7. The Labute approximate surface area is 230 Å². The Kier molecular flexibility index (Phi) is 6.15. The minimum atomic E-state index is -0.942. The maximum atomic E-state index is 14.9. The number of carbonyl (C=O) groups is 1. The molecule has 3 heteroatoms. The summed E-state index contributed by atoms with van der Waals surface area (Å²) < 4.78 is 0.912. The molecule has 4 aromatic carbocycles. The number of ketones is 1. The first-order valence-corrected chi connectivity index (χ1v) is 13.8. The zero-order valence-electron chi connectivity index (χ0n) is 22.9. The minimum Gasteiger partial charge on any atom is -0.292 e. The summed E-state index contributed by atoms with van der Waals surface area (Å²) in [5.74, 6) is 0.119. The first-order chi connectivity index (χ1) is 17.3. The standard InChI is InChI=1S/C34H34BBrO/c1-32(2,3)21-7-11-23(12-8-21)34(24-13-9-22(10-14-24)33(4,5)6)30-19-25(35)15-17-28(30)27-18-16-26(36)20-29(27)31(34)37/h7-20H,35H2,1-6H3. The van der Waals surface area contributed by atoms with Crippen LogP contribution in [-0.2, 0) is 16.2 Å². The predicted molar refractivity (Wildman–Crippen MR) is 162 cm³/mol. The lowest BCUT2D eigenvalue weighted by Gasteiger charge is -2.40. The van der Waals surface area contributed by atoms with Crippen LogP contribution >= 0.6 is 15.9 Å². The van der Waals surface area contributed by atoms with E-state index in [-0.39, 0.29) is 16.6 Å². The highest BCUT2D eigenvalue weighted by Crippen LogP contribution is 2.51. The second-order valence-electron chi connectivity index (χ2n) is 12.5. The fourth-order valence-corrected chi connectivity index (χ4v) is 6.01. The molecule has 0 spiro atoms. The lowest BCUT2D eigenvalue weighted by Crippen LogP contribution is -2.42. The van der Waals surface area contributed by atoms with E-state index in [2.05, 4.69) is 138 Å². The Morgan fingerprint density at radius 1 is 0.622 bits per heavy atom. The number of halogens is 1. The fourth-order valence-electron chi connectivity index (χ4n) is 5.65. The Morgan fingerprint density at radius 2 is 1.11 bits per heavy atom. The van der Waals surface area contributed by atoms with Crippen molar-refractivity contribution in [3.05, 3.63) is 123 Å². The van der Waals surface area contributed by atoms with Gasteiger partial charge in [0.05, 0.1) is 0 Å². The summed E-state index contributed by atoms with van der Waals surface area (Å²) in [6.07, 6.45) is 0. The molecule has 0 aromatic heterocycles. The quantitative estimate of drug-likeness (QED) is 0.237. The van der Waals surface area contributed by atoms with Gasteiger partial charge in [-0.05, 0) is 61.9 Å². The number of hydrogen-bond donors (Lipinski definition) is 0. The van der Waals surface area contributed by atoms with Gasteiger partial charge < -0.3 is 0 Å². The number of benzene rings is 4. The van der Waals surface area contributed by atoms with Crippen molar-refractivity contribution in [2.24, 2.45) is 0 Å². The number of rotatable bonds is 2. The second-order valence-corrected chi connectivity index (χ2v) is 13.4. The van der Waals surface area contributed by atoms with E-state index in [0.29, 0.717) is 0 Å². The summed E-state index contributed by atoms with van der Waals surface area (Å²) in [5, 5.41) is 0. The molecule has 0 N–H and O–H groups in total. The third-order valence-electron chi connectivity index (χ3n) is 7.80. The van der Waals surface area contributed by atoms with E-state index in [1.807, 2.05) is 12.1 Å². The number of fused-ring (bicyclic) bond motifs is 3. The van der Waals surface area contributed by atoms with Crippen LogP contribution < -0.4 is 5.46 Å². The van der Waals surface area contributed by atoms with Crippen molar-refractivity contribution in [1.29, 1.82) is 0 Å². The summed E-state index contributed by atoms with van der Waals surface area (Å²) in [6.45, 7) is 13.3. The van der Waals surface area contributed by atoms with Gasteiger partial charge in [-0.3, -0.25) is 4.79 Å².